The van der Waals surface area contributed by atoms with Gasteiger partial charge in [0.05, 0.1) is 0 Å². The Hall–Kier alpha value is -0.860. The lowest BCUT2D eigenvalue weighted by Gasteiger charge is -2.45. The summed E-state index contributed by atoms with van der Waals surface area (Å²) in [5.41, 5.74) is 2.97. The van der Waals surface area contributed by atoms with Crippen molar-refractivity contribution in [3.05, 3.63) is 35.4 Å². The van der Waals surface area contributed by atoms with Gasteiger partial charge in [-0.05, 0) is 49.4 Å². The standard InChI is InChI=1S/C16H24N2/c1-2-13-5-3-4-6-15(13)11-17-16-12-18-9-7-14(16)8-10-18/h3-6,14,16-17H,2,7-12H2,1H3. The Balaban J connectivity index is 1.61. The van der Waals surface area contributed by atoms with Crippen LogP contribution >= 0.6 is 0 Å². The number of piperidine rings is 3. The molecule has 3 heterocycles. The number of nitrogens with one attached hydrogen (secondary N) is 1. The van der Waals surface area contributed by atoms with E-state index in [4.69, 9.17) is 0 Å². The Kier molecular flexibility index (Phi) is 3.67. The van der Waals surface area contributed by atoms with Crippen LogP contribution in [0.5, 0.6) is 0 Å². The summed E-state index contributed by atoms with van der Waals surface area (Å²) in [5.74, 6) is 0.920. The van der Waals surface area contributed by atoms with Crippen LogP contribution in [0.3, 0.4) is 0 Å². The lowest BCUT2D eigenvalue weighted by molar-refractivity contribution is 0.0720. The monoisotopic (exact) mass is 244 g/mol. The number of fused-ring (bicyclic) bond motifs is 3. The van der Waals surface area contributed by atoms with Crippen LogP contribution in [0.2, 0.25) is 0 Å². The molecule has 3 saturated heterocycles. The molecule has 1 atom stereocenters. The SMILES string of the molecule is CCc1ccccc1CNC1CN2CCC1CC2. The molecule has 0 aromatic heterocycles. The zero-order valence-corrected chi connectivity index (χ0v) is 11.4. The summed E-state index contributed by atoms with van der Waals surface area (Å²) in [6.45, 7) is 7.20. The Morgan fingerprint density at radius 3 is 2.50 bits per heavy atom. The molecule has 1 N–H and O–H groups in total. The molecule has 1 unspecified atom stereocenters. The normalized spacial score (nSPS) is 30.6. The fraction of sp³-hybridized carbons (Fsp3) is 0.625. The van der Waals surface area contributed by atoms with E-state index in [1.165, 1.54) is 43.6 Å². The van der Waals surface area contributed by atoms with E-state index in [1.807, 2.05) is 0 Å². The first kappa shape index (κ1) is 12.2. The van der Waals surface area contributed by atoms with Gasteiger partial charge >= 0.3 is 0 Å². The molecule has 0 aliphatic carbocycles. The van der Waals surface area contributed by atoms with Gasteiger partial charge in [0.2, 0.25) is 0 Å². The second-order valence-corrected chi connectivity index (χ2v) is 5.75. The summed E-state index contributed by atoms with van der Waals surface area (Å²) in [6, 6.07) is 9.56. The van der Waals surface area contributed by atoms with Crippen LogP contribution in [-0.4, -0.2) is 30.6 Å². The molecule has 1 aromatic rings. The van der Waals surface area contributed by atoms with E-state index in [9.17, 15) is 0 Å². The average Bonchev–Trinajstić information content (AvgIpc) is 2.46. The van der Waals surface area contributed by atoms with Crippen molar-refractivity contribution in [1.29, 1.82) is 0 Å². The molecule has 18 heavy (non-hydrogen) atoms. The molecule has 0 amide bonds. The maximum atomic E-state index is 3.80. The topological polar surface area (TPSA) is 15.3 Å². The minimum absolute atomic E-state index is 0.720. The Morgan fingerprint density at radius 2 is 1.89 bits per heavy atom. The van der Waals surface area contributed by atoms with E-state index in [1.54, 1.807) is 0 Å². The van der Waals surface area contributed by atoms with Crippen molar-refractivity contribution in [2.24, 2.45) is 5.92 Å². The van der Waals surface area contributed by atoms with Crippen molar-refractivity contribution < 1.29 is 0 Å². The molecule has 2 heteroatoms. The molecule has 1 aromatic carbocycles. The van der Waals surface area contributed by atoms with Crippen molar-refractivity contribution in [3.63, 3.8) is 0 Å². The van der Waals surface area contributed by atoms with Gasteiger partial charge in [-0.2, -0.15) is 0 Å². The highest BCUT2D eigenvalue weighted by Gasteiger charge is 2.33. The zero-order chi connectivity index (χ0) is 12.4. The van der Waals surface area contributed by atoms with Crippen molar-refractivity contribution in [2.45, 2.75) is 38.8 Å². The molecule has 3 aliphatic rings. The van der Waals surface area contributed by atoms with Crippen LogP contribution in [0.15, 0.2) is 24.3 Å². The van der Waals surface area contributed by atoms with Crippen molar-refractivity contribution in [2.75, 3.05) is 19.6 Å². The highest BCUT2D eigenvalue weighted by atomic mass is 15.2. The summed E-state index contributed by atoms with van der Waals surface area (Å²) in [5, 5.41) is 3.80. The molecular formula is C16H24N2. The van der Waals surface area contributed by atoms with Gasteiger partial charge in [-0.1, -0.05) is 31.2 Å². The molecule has 98 valence electrons. The van der Waals surface area contributed by atoms with Gasteiger partial charge < -0.3 is 10.2 Å². The molecule has 4 rings (SSSR count). The quantitative estimate of drug-likeness (QED) is 0.875. The van der Waals surface area contributed by atoms with Crippen molar-refractivity contribution in [1.82, 2.24) is 10.2 Å². The first-order valence-electron chi connectivity index (χ1n) is 7.39. The third-order valence-corrected chi connectivity index (χ3v) is 4.71. The number of aryl methyl sites for hydroxylation is 1. The lowest BCUT2D eigenvalue weighted by Crippen LogP contribution is -2.55. The maximum Gasteiger partial charge on any atom is 0.0227 e. The second kappa shape index (κ2) is 5.41. The van der Waals surface area contributed by atoms with Crippen molar-refractivity contribution in [3.8, 4) is 0 Å². The van der Waals surface area contributed by atoms with Crippen LogP contribution < -0.4 is 5.32 Å². The minimum Gasteiger partial charge on any atom is -0.308 e. The van der Waals surface area contributed by atoms with Gasteiger partial charge in [0, 0.05) is 19.1 Å². The predicted molar refractivity (Wildman–Crippen MR) is 75.6 cm³/mol. The zero-order valence-electron chi connectivity index (χ0n) is 11.4. The fourth-order valence-electron chi connectivity index (χ4n) is 3.51. The number of rotatable bonds is 4. The van der Waals surface area contributed by atoms with E-state index >= 15 is 0 Å². The second-order valence-electron chi connectivity index (χ2n) is 5.75. The molecule has 2 nitrogen and oxygen atoms in total. The number of benzene rings is 1. The highest BCUT2D eigenvalue weighted by Crippen LogP contribution is 2.27. The molecular weight excluding hydrogens is 220 g/mol. The summed E-state index contributed by atoms with van der Waals surface area (Å²) in [7, 11) is 0. The fourth-order valence-corrected chi connectivity index (χ4v) is 3.51. The van der Waals surface area contributed by atoms with Crippen LogP contribution in [0.4, 0.5) is 0 Å². The summed E-state index contributed by atoms with van der Waals surface area (Å²) >= 11 is 0. The first-order chi connectivity index (χ1) is 8.86. The summed E-state index contributed by atoms with van der Waals surface area (Å²) in [6.07, 6.45) is 3.93. The summed E-state index contributed by atoms with van der Waals surface area (Å²) in [4.78, 5) is 2.61. The van der Waals surface area contributed by atoms with Gasteiger partial charge in [-0.15, -0.1) is 0 Å². The van der Waals surface area contributed by atoms with Crippen molar-refractivity contribution >= 4 is 0 Å². The minimum atomic E-state index is 0.720. The van der Waals surface area contributed by atoms with Gasteiger partial charge in [-0.3, -0.25) is 0 Å². The molecule has 0 spiro atoms. The van der Waals surface area contributed by atoms with Gasteiger partial charge in [-0.25, -0.2) is 0 Å². The Bertz CT molecular complexity index is 394. The third kappa shape index (κ3) is 2.45. The van der Waals surface area contributed by atoms with E-state index in [0.717, 1.165) is 24.9 Å². The van der Waals surface area contributed by atoms with Gasteiger partial charge in [0.25, 0.3) is 0 Å². The molecule has 0 radical (unpaired) electrons. The molecule has 3 fully saturated rings. The largest absolute Gasteiger partial charge is 0.308 e. The molecule has 0 saturated carbocycles. The number of hydrogen-bond acceptors (Lipinski definition) is 2. The van der Waals surface area contributed by atoms with Crippen LogP contribution in [-0.2, 0) is 13.0 Å². The number of nitrogens with zero attached hydrogens (tertiary/aromatic N) is 1. The van der Waals surface area contributed by atoms with Crippen LogP contribution in [0.1, 0.15) is 30.9 Å². The summed E-state index contributed by atoms with van der Waals surface area (Å²) < 4.78 is 0. The third-order valence-electron chi connectivity index (χ3n) is 4.71. The number of hydrogen-bond donors (Lipinski definition) is 1. The maximum absolute atomic E-state index is 3.80. The predicted octanol–water partition coefficient (Wildman–Crippen LogP) is 2.43. The van der Waals surface area contributed by atoms with E-state index < -0.39 is 0 Å². The lowest BCUT2D eigenvalue weighted by atomic mass is 9.84. The van der Waals surface area contributed by atoms with Crippen LogP contribution in [0, 0.1) is 5.92 Å². The Labute approximate surface area is 110 Å². The van der Waals surface area contributed by atoms with E-state index in [2.05, 4.69) is 41.4 Å². The smallest absolute Gasteiger partial charge is 0.0227 e. The van der Waals surface area contributed by atoms with E-state index in [0.29, 0.717) is 0 Å². The van der Waals surface area contributed by atoms with E-state index in [-0.39, 0.29) is 0 Å². The Morgan fingerprint density at radius 1 is 1.17 bits per heavy atom. The van der Waals surface area contributed by atoms with Gasteiger partial charge in [0.1, 0.15) is 0 Å². The first-order valence-corrected chi connectivity index (χ1v) is 7.39. The molecule has 2 bridgehead atoms. The van der Waals surface area contributed by atoms with Crippen LogP contribution in [0.25, 0.3) is 0 Å². The average molecular weight is 244 g/mol. The molecule has 3 aliphatic heterocycles. The highest BCUT2D eigenvalue weighted by molar-refractivity contribution is 5.26. The van der Waals surface area contributed by atoms with Gasteiger partial charge in [0.15, 0.2) is 0 Å².